The Balaban J connectivity index is 2.42. The predicted molar refractivity (Wildman–Crippen MR) is 73.5 cm³/mol. The maximum Gasteiger partial charge on any atom is 0.411 e. The van der Waals surface area contributed by atoms with E-state index in [1.54, 1.807) is 0 Å². The molecule has 18 heavy (non-hydrogen) atoms. The zero-order valence-electron chi connectivity index (χ0n) is 10.2. The van der Waals surface area contributed by atoms with Gasteiger partial charge in [0.25, 0.3) is 0 Å². The van der Waals surface area contributed by atoms with Gasteiger partial charge in [-0.25, -0.2) is 0 Å². The highest BCUT2D eigenvalue weighted by Crippen LogP contribution is 2.44. The summed E-state index contributed by atoms with van der Waals surface area (Å²) in [7, 11) is 0. The van der Waals surface area contributed by atoms with Crippen LogP contribution >= 0.6 is 31.9 Å². The molecule has 0 radical (unpaired) electrons. The molecule has 0 N–H and O–H groups in total. The van der Waals surface area contributed by atoms with E-state index >= 15 is 0 Å². The van der Waals surface area contributed by atoms with E-state index in [1.807, 2.05) is 0 Å². The maximum absolute atomic E-state index is 12.0. The van der Waals surface area contributed by atoms with Gasteiger partial charge in [-0.05, 0) is 30.6 Å². The maximum atomic E-state index is 12.0. The molecule has 0 spiro atoms. The third-order valence-electron chi connectivity index (χ3n) is 3.76. The fourth-order valence-corrected chi connectivity index (χ4v) is 5.00. The van der Waals surface area contributed by atoms with Crippen molar-refractivity contribution in [3.05, 3.63) is 0 Å². The van der Waals surface area contributed by atoms with Gasteiger partial charge in [-0.3, -0.25) is 0 Å². The smallest absolute Gasteiger partial charge is 0.372 e. The minimum atomic E-state index is -4.22. The summed E-state index contributed by atoms with van der Waals surface area (Å²) >= 11 is 7.05. The van der Waals surface area contributed by atoms with Crippen molar-refractivity contribution in [2.45, 2.75) is 38.3 Å². The summed E-state index contributed by atoms with van der Waals surface area (Å²) in [5.41, 5.74) is 0.0299. The standard InChI is InChI=1S/C12H19Br2F3O/c13-7-11(8-14,10-3-1-2-4-10)5-6-18-9-12(15,16)17/h10H,1-9H2. The van der Waals surface area contributed by atoms with Gasteiger partial charge in [-0.15, -0.1) is 0 Å². The normalized spacial score (nSPS) is 18.5. The van der Waals surface area contributed by atoms with Crippen molar-refractivity contribution < 1.29 is 17.9 Å². The molecule has 1 saturated carbocycles. The molecule has 1 fully saturated rings. The van der Waals surface area contributed by atoms with Gasteiger partial charge in [-0.1, -0.05) is 44.7 Å². The lowest BCUT2D eigenvalue weighted by Crippen LogP contribution is -2.34. The molecule has 1 nitrogen and oxygen atoms in total. The summed E-state index contributed by atoms with van der Waals surface area (Å²) in [6.07, 6.45) is 1.27. The summed E-state index contributed by atoms with van der Waals surface area (Å²) in [5.74, 6) is 0.589. The molecule has 0 saturated heterocycles. The second-order valence-corrected chi connectivity index (χ2v) is 6.15. The molecular weight excluding hydrogens is 377 g/mol. The minimum Gasteiger partial charge on any atom is -0.372 e. The van der Waals surface area contributed by atoms with Gasteiger partial charge in [0.15, 0.2) is 0 Å². The molecule has 0 aromatic heterocycles. The van der Waals surface area contributed by atoms with Crippen molar-refractivity contribution in [2.24, 2.45) is 11.3 Å². The van der Waals surface area contributed by atoms with Crippen LogP contribution in [0.1, 0.15) is 32.1 Å². The molecule has 108 valence electrons. The monoisotopic (exact) mass is 394 g/mol. The van der Waals surface area contributed by atoms with Crippen LogP contribution in [0.2, 0.25) is 0 Å². The van der Waals surface area contributed by atoms with Gasteiger partial charge < -0.3 is 4.74 Å². The van der Waals surface area contributed by atoms with Crippen LogP contribution in [-0.2, 0) is 4.74 Å². The zero-order valence-corrected chi connectivity index (χ0v) is 13.4. The van der Waals surface area contributed by atoms with Crippen LogP contribution in [0.3, 0.4) is 0 Å². The Morgan fingerprint density at radius 2 is 1.61 bits per heavy atom. The molecule has 1 rings (SSSR count). The summed E-state index contributed by atoms with van der Waals surface area (Å²) in [5, 5.41) is 1.62. The van der Waals surface area contributed by atoms with Crippen LogP contribution < -0.4 is 0 Å². The topological polar surface area (TPSA) is 9.23 Å². The molecule has 0 aromatic carbocycles. The molecule has 1 aliphatic carbocycles. The van der Waals surface area contributed by atoms with Gasteiger partial charge in [-0.2, -0.15) is 13.2 Å². The van der Waals surface area contributed by atoms with Gasteiger partial charge in [0.2, 0.25) is 0 Å². The van der Waals surface area contributed by atoms with E-state index in [0.717, 1.165) is 10.7 Å². The highest BCUT2D eigenvalue weighted by atomic mass is 79.9. The van der Waals surface area contributed by atoms with Gasteiger partial charge in [0.1, 0.15) is 6.61 Å². The van der Waals surface area contributed by atoms with E-state index < -0.39 is 12.8 Å². The van der Waals surface area contributed by atoms with Crippen LogP contribution in [-0.4, -0.2) is 30.1 Å². The Labute approximate surface area is 123 Å². The first-order valence-electron chi connectivity index (χ1n) is 6.20. The molecule has 0 aromatic rings. The second-order valence-electron chi connectivity index (χ2n) is 5.03. The number of hydrogen-bond acceptors (Lipinski definition) is 1. The van der Waals surface area contributed by atoms with Crippen molar-refractivity contribution in [2.75, 3.05) is 23.9 Å². The number of halogens is 5. The van der Waals surface area contributed by atoms with Crippen molar-refractivity contribution in [3.8, 4) is 0 Å². The Morgan fingerprint density at radius 1 is 1.06 bits per heavy atom. The number of rotatable bonds is 7. The van der Waals surface area contributed by atoms with E-state index in [-0.39, 0.29) is 12.0 Å². The fourth-order valence-electron chi connectivity index (χ4n) is 2.59. The fraction of sp³-hybridized carbons (Fsp3) is 1.00. The van der Waals surface area contributed by atoms with Crippen LogP contribution in [0.4, 0.5) is 13.2 Å². The third kappa shape index (κ3) is 5.00. The van der Waals surface area contributed by atoms with E-state index in [4.69, 9.17) is 4.74 Å². The van der Waals surface area contributed by atoms with Crippen molar-refractivity contribution >= 4 is 31.9 Å². The molecule has 0 unspecified atom stereocenters. The van der Waals surface area contributed by atoms with Gasteiger partial charge >= 0.3 is 6.18 Å². The Hall–Kier alpha value is 0.710. The molecule has 0 amide bonds. The van der Waals surface area contributed by atoms with Crippen LogP contribution in [0.25, 0.3) is 0 Å². The first-order chi connectivity index (χ1) is 8.43. The average molecular weight is 396 g/mol. The average Bonchev–Trinajstić information content (AvgIpc) is 2.83. The quantitative estimate of drug-likeness (QED) is 0.439. The van der Waals surface area contributed by atoms with Gasteiger partial charge in [0.05, 0.1) is 0 Å². The van der Waals surface area contributed by atoms with Crippen LogP contribution in [0, 0.1) is 11.3 Å². The third-order valence-corrected chi connectivity index (χ3v) is 6.00. The number of ether oxygens (including phenoxy) is 1. The molecule has 0 atom stereocenters. The molecule has 0 aliphatic heterocycles. The van der Waals surface area contributed by atoms with E-state index in [1.165, 1.54) is 25.7 Å². The number of alkyl halides is 5. The van der Waals surface area contributed by atoms with E-state index in [9.17, 15) is 13.2 Å². The first kappa shape index (κ1) is 16.8. The van der Waals surface area contributed by atoms with Crippen LogP contribution in [0.5, 0.6) is 0 Å². The van der Waals surface area contributed by atoms with Crippen molar-refractivity contribution in [1.82, 2.24) is 0 Å². The predicted octanol–water partition coefficient (Wildman–Crippen LogP) is 4.92. The van der Waals surface area contributed by atoms with E-state index in [0.29, 0.717) is 12.3 Å². The lowest BCUT2D eigenvalue weighted by molar-refractivity contribution is -0.175. The summed E-state index contributed by atoms with van der Waals surface area (Å²) in [4.78, 5) is 0. The summed E-state index contributed by atoms with van der Waals surface area (Å²) in [6.45, 7) is -0.967. The molecule has 1 aliphatic rings. The molecular formula is C12H19Br2F3O. The number of hydrogen-bond donors (Lipinski definition) is 0. The highest BCUT2D eigenvalue weighted by molar-refractivity contribution is 9.09. The Kier molecular flexibility index (Phi) is 6.97. The Bertz CT molecular complexity index is 236. The zero-order chi connectivity index (χ0) is 13.6. The van der Waals surface area contributed by atoms with Crippen molar-refractivity contribution in [3.63, 3.8) is 0 Å². The molecule has 0 heterocycles. The highest BCUT2D eigenvalue weighted by Gasteiger charge is 2.38. The second kappa shape index (κ2) is 7.48. The minimum absolute atomic E-state index is 0.0299. The largest absolute Gasteiger partial charge is 0.411 e. The van der Waals surface area contributed by atoms with Gasteiger partial charge in [0, 0.05) is 17.3 Å². The van der Waals surface area contributed by atoms with Crippen LogP contribution in [0.15, 0.2) is 0 Å². The Morgan fingerprint density at radius 3 is 2.06 bits per heavy atom. The summed E-state index contributed by atoms with van der Waals surface area (Å²) in [6, 6.07) is 0. The van der Waals surface area contributed by atoms with Crippen molar-refractivity contribution in [1.29, 1.82) is 0 Å². The lowest BCUT2D eigenvalue weighted by atomic mass is 9.75. The first-order valence-corrected chi connectivity index (χ1v) is 8.44. The van der Waals surface area contributed by atoms with E-state index in [2.05, 4.69) is 31.9 Å². The molecule has 6 heteroatoms. The summed E-state index contributed by atoms with van der Waals surface area (Å²) < 4.78 is 40.7. The SMILES string of the molecule is FC(F)(F)COCCC(CBr)(CBr)C1CCCC1. The molecule has 0 bridgehead atoms. The lowest BCUT2D eigenvalue weighted by Gasteiger charge is -2.36.